The lowest BCUT2D eigenvalue weighted by Gasteiger charge is -2.31. The van der Waals surface area contributed by atoms with Gasteiger partial charge in [-0.2, -0.15) is 0 Å². The molecule has 1 aromatic carbocycles. The van der Waals surface area contributed by atoms with E-state index in [0.29, 0.717) is 22.3 Å². The predicted molar refractivity (Wildman–Crippen MR) is 78.2 cm³/mol. The molecule has 2 aliphatic rings. The van der Waals surface area contributed by atoms with Crippen LogP contribution in [0.2, 0.25) is 10.0 Å². The molecule has 2 atom stereocenters. The van der Waals surface area contributed by atoms with Gasteiger partial charge in [0, 0.05) is 16.6 Å². The number of amides is 3. The van der Waals surface area contributed by atoms with Gasteiger partial charge in [0.2, 0.25) is 0 Å². The van der Waals surface area contributed by atoms with Crippen molar-refractivity contribution in [3.63, 3.8) is 0 Å². The second kappa shape index (κ2) is 4.93. The molecule has 0 aromatic heterocycles. The van der Waals surface area contributed by atoms with Crippen LogP contribution in [0.1, 0.15) is 19.8 Å². The molecule has 2 unspecified atom stereocenters. The zero-order chi connectivity index (χ0) is 14.4. The minimum absolute atomic E-state index is 0.180. The van der Waals surface area contributed by atoms with Crippen LogP contribution in [0.3, 0.4) is 0 Å². The molecule has 20 heavy (non-hydrogen) atoms. The van der Waals surface area contributed by atoms with Crippen molar-refractivity contribution in [3.05, 3.63) is 28.2 Å². The van der Waals surface area contributed by atoms with Crippen LogP contribution in [0.15, 0.2) is 18.2 Å². The maximum Gasteiger partial charge on any atom is 0.332 e. The number of nitrogens with zero attached hydrogens (tertiary/aromatic N) is 2. The number of imide groups is 1. The molecular formula is C14H14Cl2N2O2. The third-order valence-electron chi connectivity index (χ3n) is 3.95. The zero-order valence-electron chi connectivity index (χ0n) is 11.0. The summed E-state index contributed by atoms with van der Waals surface area (Å²) in [5.41, 5.74) is 0.444. The van der Waals surface area contributed by atoms with Gasteiger partial charge in [-0.05, 0) is 37.0 Å². The first-order valence-corrected chi connectivity index (χ1v) is 7.35. The van der Waals surface area contributed by atoms with E-state index in [1.807, 2.05) is 6.92 Å². The Bertz CT molecular complexity index is 570. The molecule has 0 radical (unpaired) electrons. The molecule has 0 aliphatic carbocycles. The Kier molecular flexibility index (Phi) is 3.38. The van der Waals surface area contributed by atoms with Crippen LogP contribution in [-0.2, 0) is 4.79 Å². The molecule has 0 saturated carbocycles. The van der Waals surface area contributed by atoms with Crippen LogP contribution in [0.4, 0.5) is 10.5 Å². The Hall–Kier alpha value is -1.26. The molecule has 4 nitrogen and oxygen atoms in total. The van der Waals surface area contributed by atoms with E-state index in [2.05, 4.69) is 0 Å². The fraction of sp³-hybridized carbons (Fsp3) is 0.429. The van der Waals surface area contributed by atoms with Gasteiger partial charge in [0.15, 0.2) is 0 Å². The van der Waals surface area contributed by atoms with Gasteiger partial charge in [0.1, 0.15) is 6.04 Å². The maximum atomic E-state index is 12.6. The summed E-state index contributed by atoms with van der Waals surface area (Å²) in [7, 11) is 0. The number of fused-ring (bicyclic) bond motifs is 1. The molecular weight excluding hydrogens is 299 g/mol. The van der Waals surface area contributed by atoms with Crippen molar-refractivity contribution in [1.29, 1.82) is 0 Å². The molecule has 3 rings (SSSR count). The third kappa shape index (κ3) is 2.07. The van der Waals surface area contributed by atoms with Crippen LogP contribution < -0.4 is 4.90 Å². The predicted octanol–water partition coefficient (Wildman–Crippen LogP) is 3.56. The first-order chi connectivity index (χ1) is 9.49. The summed E-state index contributed by atoms with van der Waals surface area (Å²) < 4.78 is 0. The minimum Gasteiger partial charge on any atom is -0.312 e. The average Bonchev–Trinajstić information content (AvgIpc) is 2.61. The van der Waals surface area contributed by atoms with Gasteiger partial charge < -0.3 is 4.90 Å². The lowest BCUT2D eigenvalue weighted by atomic mass is 9.91. The highest BCUT2D eigenvalue weighted by atomic mass is 35.5. The van der Waals surface area contributed by atoms with Crippen molar-refractivity contribution < 1.29 is 9.59 Å². The van der Waals surface area contributed by atoms with Crippen LogP contribution in [0, 0.1) is 5.92 Å². The Morgan fingerprint density at radius 2 is 1.80 bits per heavy atom. The molecule has 0 spiro atoms. The van der Waals surface area contributed by atoms with Gasteiger partial charge in [0.05, 0.1) is 5.69 Å². The second-order valence-electron chi connectivity index (χ2n) is 5.34. The van der Waals surface area contributed by atoms with E-state index in [1.165, 1.54) is 4.90 Å². The number of piperidine rings is 1. The minimum atomic E-state index is -0.353. The molecule has 106 valence electrons. The number of carbonyl (C=O) groups excluding carboxylic acids is 2. The lowest BCUT2D eigenvalue weighted by molar-refractivity contribution is -0.121. The zero-order valence-corrected chi connectivity index (χ0v) is 12.5. The van der Waals surface area contributed by atoms with Gasteiger partial charge >= 0.3 is 6.03 Å². The summed E-state index contributed by atoms with van der Waals surface area (Å²) in [6.45, 7) is 2.64. The first-order valence-electron chi connectivity index (χ1n) is 6.59. The summed E-state index contributed by atoms with van der Waals surface area (Å²) in [5, 5.41) is 0.817. The van der Waals surface area contributed by atoms with E-state index in [0.717, 1.165) is 12.8 Å². The number of urea groups is 1. The van der Waals surface area contributed by atoms with Crippen molar-refractivity contribution in [2.75, 3.05) is 11.4 Å². The summed E-state index contributed by atoms with van der Waals surface area (Å²) in [6.07, 6.45) is 1.89. The topological polar surface area (TPSA) is 40.6 Å². The van der Waals surface area contributed by atoms with Crippen LogP contribution >= 0.6 is 23.2 Å². The molecule has 3 amide bonds. The largest absolute Gasteiger partial charge is 0.332 e. The van der Waals surface area contributed by atoms with E-state index in [-0.39, 0.29) is 23.9 Å². The number of rotatable bonds is 1. The SMILES string of the molecule is CC1CCCN2C(=O)N(c3cc(Cl)cc(Cl)c3)C(=O)C12. The molecule has 2 saturated heterocycles. The number of hydrogen-bond acceptors (Lipinski definition) is 2. The third-order valence-corrected chi connectivity index (χ3v) is 4.39. The van der Waals surface area contributed by atoms with Gasteiger partial charge in [-0.1, -0.05) is 30.1 Å². The highest BCUT2D eigenvalue weighted by Crippen LogP contribution is 2.35. The van der Waals surface area contributed by atoms with E-state index in [9.17, 15) is 9.59 Å². The van der Waals surface area contributed by atoms with Crippen molar-refractivity contribution in [2.45, 2.75) is 25.8 Å². The Morgan fingerprint density at radius 1 is 1.15 bits per heavy atom. The highest BCUT2D eigenvalue weighted by molar-refractivity contribution is 6.35. The van der Waals surface area contributed by atoms with Crippen molar-refractivity contribution >= 4 is 40.8 Å². The number of halogens is 2. The number of carbonyl (C=O) groups is 2. The quantitative estimate of drug-likeness (QED) is 0.744. The van der Waals surface area contributed by atoms with Crippen LogP contribution in [0.25, 0.3) is 0 Å². The normalized spacial score (nSPS) is 26.1. The lowest BCUT2D eigenvalue weighted by Crippen LogP contribution is -2.44. The molecule has 2 aliphatic heterocycles. The Balaban J connectivity index is 2.01. The van der Waals surface area contributed by atoms with Crippen LogP contribution in [-0.4, -0.2) is 29.4 Å². The Labute approximate surface area is 127 Å². The standard InChI is InChI=1S/C14H14Cl2N2O2/c1-8-3-2-4-17-12(8)13(19)18(14(17)20)11-6-9(15)5-10(16)7-11/h5-8,12H,2-4H2,1H3. The number of hydrogen-bond donors (Lipinski definition) is 0. The molecule has 2 fully saturated rings. The van der Waals surface area contributed by atoms with E-state index in [4.69, 9.17) is 23.2 Å². The smallest absolute Gasteiger partial charge is 0.312 e. The van der Waals surface area contributed by atoms with E-state index < -0.39 is 0 Å². The summed E-state index contributed by atoms with van der Waals surface area (Å²) in [4.78, 5) is 27.9. The fourth-order valence-electron chi connectivity index (χ4n) is 3.04. The number of benzene rings is 1. The number of anilines is 1. The molecule has 1 aromatic rings. The molecule has 2 heterocycles. The molecule has 0 N–H and O–H groups in total. The average molecular weight is 313 g/mol. The van der Waals surface area contributed by atoms with E-state index in [1.54, 1.807) is 23.1 Å². The van der Waals surface area contributed by atoms with Crippen molar-refractivity contribution in [3.8, 4) is 0 Å². The van der Waals surface area contributed by atoms with Crippen molar-refractivity contribution in [1.82, 2.24) is 4.90 Å². The first kappa shape index (κ1) is 13.7. The van der Waals surface area contributed by atoms with Gasteiger partial charge in [-0.15, -0.1) is 0 Å². The van der Waals surface area contributed by atoms with Gasteiger partial charge in [0.25, 0.3) is 5.91 Å². The summed E-state index contributed by atoms with van der Waals surface area (Å²) in [5.74, 6) is 0.000361. The summed E-state index contributed by atoms with van der Waals surface area (Å²) in [6, 6.07) is 4.13. The molecule has 0 bridgehead atoms. The van der Waals surface area contributed by atoms with E-state index >= 15 is 0 Å². The molecule has 6 heteroatoms. The highest BCUT2D eigenvalue weighted by Gasteiger charge is 2.49. The summed E-state index contributed by atoms with van der Waals surface area (Å²) >= 11 is 11.9. The van der Waals surface area contributed by atoms with Gasteiger partial charge in [-0.3, -0.25) is 4.79 Å². The monoisotopic (exact) mass is 312 g/mol. The second-order valence-corrected chi connectivity index (χ2v) is 6.21. The maximum absolute atomic E-state index is 12.6. The Morgan fingerprint density at radius 3 is 2.40 bits per heavy atom. The van der Waals surface area contributed by atoms with Gasteiger partial charge in [-0.25, -0.2) is 9.69 Å². The van der Waals surface area contributed by atoms with Crippen LogP contribution in [0.5, 0.6) is 0 Å². The fourth-order valence-corrected chi connectivity index (χ4v) is 3.55. The van der Waals surface area contributed by atoms with Crippen molar-refractivity contribution in [2.24, 2.45) is 5.92 Å².